The van der Waals surface area contributed by atoms with Crippen molar-refractivity contribution in [1.82, 2.24) is 10.3 Å². The molecule has 3 heteroatoms. The van der Waals surface area contributed by atoms with Gasteiger partial charge in [0.25, 0.3) is 0 Å². The number of nitrogens with one attached hydrogen (secondary N) is 1. The van der Waals surface area contributed by atoms with Gasteiger partial charge in [-0.15, -0.1) is 0 Å². The van der Waals surface area contributed by atoms with Crippen molar-refractivity contribution >= 4 is 0 Å². The summed E-state index contributed by atoms with van der Waals surface area (Å²) in [5.41, 5.74) is 2.34. The van der Waals surface area contributed by atoms with Crippen LogP contribution in [0.5, 0.6) is 5.75 Å². The zero-order valence-corrected chi connectivity index (χ0v) is 11.6. The Labute approximate surface area is 120 Å². The minimum Gasteiger partial charge on any atom is -0.494 e. The van der Waals surface area contributed by atoms with Gasteiger partial charge in [-0.25, -0.2) is 0 Å². The molecule has 1 atom stereocenters. The second-order valence-corrected chi connectivity index (χ2v) is 5.19. The molecule has 1 aromatic heterocycles. The van der Waals surface area contributed by atoms with Gasteiger partial charge >= 0.3 is 0 Å². The lowest BCUT2D eigenvalue weighted by Gasteiger charge is -2.12. The zero-order valence-electron chi connectivity index (χ0n) is 11.6. The zero-order chi connectivity index (χ0) is 13.6. The van der Waals surface area contributed by atoms with Crippen LogP contribution in [0.1, 0.15) is 19.3 Å². The summed E-state index contributed by atoms with van der Waals surface area (Å²) in [5.74, 6) is 0.942. The highest BCUT2D eigenvalue weighted by molar-refractivity contribution is 5.64. The quantitative estimate of drug-likeness (QED) is 0.903. The van der Waals surface area contributed by atoms with E-state index in [1.807, 2.05) is 36.7 Å². The van der Waals surface area contributed by atoms with Gasteiger partial charge in [0.05, 0.1) is 6.61 Å². The molecule has 1 unspecified atom stereocenters. The molecule has 20 heavy (non-hydrogen) atoms. The van der Waals surface area contributed by atoms with Crippen molar-refractivity contribution in [1.29, 1.82) is 0 Å². The molecule has 0 spiro atoms. The molecular formula is C17H20N2O. The first-order chi connectivity index (χ1) is 9.92. The first kappa shape index (κ1) is 13.1. The lowest BCUT2D eigenvalue weighted by atomic mass is 10.1. The fraction of sp³-hybridized carbons (Fsp3) is 0.353. The molecule has 1 fully saturated rings. The summed E-state index contributed by atoms with van der Waals surface area (Å²) in [4.78, 5) is 4.05. The van der Waals surface area contributed by atoms with E-state index in [4.69, 9.17) is 4.74 Å². The van der Waals surface area contributed by atoms with Crippen molar-refractivity contribution in [2.45, 2.75) is 25.3 Å². The number of ether oxygens (including phenoxy) is 1. The van der Waals surface area contributed by atoms with Gasteiger partial charge in [0.1, 0.15) is 5.75 Å². The highest BCUT2D eigenvalue weighted by atomic mass is 16.5. The molecule has 2 aromatic rings. The van der Waals surface area contributed by atoms with Gasteiger partial charge in [-0.2, -0.15) is 0 Å². The molecule has 0 radical (unpaired) electrons. The molecule has 0 saturated carbocycles. The Balaban J connectivity index is 1.59. The van der Waals surface area contributed by atoms with E-state index in [9.17, 15) is 0 Å². The highest BCUT2D eigenvalue weighted by Gasteiger charge is 2.13. The topological polar surface area (TPSA) is 34.1 Å². The summed E-state index contributed by atoms with van der Waals surface area (Å²) in [6, 6.07) is 12.9. The third kappa shape index (κ3) is 3.36. The summed E-state index contributed by atoms with van der Waals surface area (Å²) in [7, 11) is 0. The summed E-state index contributed by atoms with van der Waals surface area (Å²) in [5, 5.41) is 3.49. The summed E-state index contributed by atoms with van der Waals surface area (Å²) >= 11 is 0. The average molecular weight is 268 g/mol. The van der Waals surface area contributed by atoms with Crippen molar-refractivity contribution in [3.8, 4) is 16.9 Å². The van der Waals surface area contributed by atoms with Crippen molar-refractivity contribution in [3.05, 3.63) is 48.8 Å². The van der Waals surface area contributed by atoms with Crippen LogP contribution in [-0.2, 0) is 0 Å². The van der Waals surface area contributed by atoms with Gasteiger partial charge in [-0.05, 0) is 61.2 Å². The molecule has 2 heterocycles. The Morgan fingerprint density at radius 3 is 2.85 bits per heavy atom. The predicted molar refractivity (Wildman–Crippen MR) is 80.8 cm³/mol. The largest absolute Gasteiger partial charge is 0.494 e. The van der Waals surface area contributed by atoms with Crippen LogP contribution in [0.25, 0.3) is 11.1 Å². The van der Waals surface area contributed by atoms with E-state index in [0.717, 1.165) is 25.3 Å². The molecule has 1 saturated heterocycles. The monoisotopic (exact) mass is 268 g/mol. The van der Waals surface area contributed by atoms with Crippen LogP contribution in [0.15, 0.2) is 48.8 Å². The Morgan fingerprint density at radius 2 is 2.05 bits per heavy atom. The number of aromatic nitrogens is 1. The first-order valence-corrected chi connectivity index (χ1v) is 7.28. The van der Waals surface area contributed by atoms with Crippen LogP contribution < -0.4 is 10.1 Å². The molecule has 1 N–H and O–H groups in total. The Hall–Kier alpha value is -1.87. The number of pyridine rings is 1. The predicted octanol–water partition coefficient (Wildman–Crippen LogP) is 3.27. The molecule has 0 bridgehead atoms. The van der Waals surface area contributed by atoms with E-state index in [0.29, 0.717) is 6.04 Å². The first-order valence-electron chi connectivity index (χ1n) is 7.28. The third-order valence-electron chi connectivity index (χ3n) is 3.75. The van der Waals surface area contributed by atoms with Crippen LogP contribution in [-0.4, -0.2) is 24.2 Å². The highest BCUT2D eigenvalue weighted by Crippen LogP contribution is 2.23. The fourth-order valence-corrected chi connectivity index (χ4v) is 2.63. The van der Waals surface area contributed by atoms with Crippen LogP contribution in [0.3, 0.4) is 0 Å². The van der Waals surface area contributed by atoms with Crippen LogP contribution in [0.2, 0.25) is 0 Å². The van der Waals surface area contributed by atoms with Gasteiger partial charge in [0, 0.05) is 18.4 Å². The number of hydrogen-bond acceptors (Lipinski definition) is 3. The van der Waals surface area contributed by atoms with E-state index in [1.165, 1.54) is 24.0 Å². The summed E-state index contributed by atoms with van der Waals surface area (Å²) in [6.45, 7) is 1.93. The Bertz CT molecular complexity index is 536. The molecule has 0 aliphatic carbocycles. The van der Waals surface area contributed by atoms with Gasteiger partial charge in [-0.3, -0.25) is 4.98 Å². The van der Waals surface area contributed by atoms with Crippen molar-refractivity contribution < 1.29 is 4.74 Å². The van der Waals surface area contributed by atoms with E-state index >= 15 is 0 Å². The van der Waals surface area contributed by atoms with E-state index < -0.39 is 0 Å². The number of rotatable bonds is 5. The third-order valence-corrected chi connectivity index (χ3v) is 3.75. The second kappa shape index (κ2) is 6.53. The fourth-order valence-electron chi connectivity index (χ4n) is 2.63. The minimum atomic E-state index is 0.637. The lowest BCUT2D eigenvalue weighted by Crippen LogP contribution is -2.23. The molecule has 3 nitrogen and oxygen atoms in total. The number of benzene rings is 1. The standard InChI is InChI=1S/C17H20N2O/c1-3-15(14-6-10-18-11-7-14)13-17(5-1)20-12-8-16-4-2-9-19-16/h1,3,5-7,10-11,13,16,19H,2,4,8-9,12H2. The van der Waals surface area contributed by atoms with Crippen molar-refractivity contribution in [3.63, 3.8) is 0 Å². The van der Waals surface area contributed by atoms with E-state index in [2.05, 4.69) is 22.4 Å². The van der Waals surface area contributed by atoms with Gasteiger partial charge in [-0.1, -0.05) is 12.1 Å². The second-order valence-electron chi connectivity index (χ2n) is 5.19. The van der Waals surface area contributed by atoms with Gasteiger partial charge in [0.2, 0.25) is 0 Å². The molecular weight excluding hydrogens is 248 g/mol. The van der Waals surface area contributed by atoms with Gasteiger partial charge < -0.3 is 10.1 Å². The SMILES string of the molecule is c1cc(OCCC2CCCN2)cc(-c2ccncc2)c1. The molecule has 1 aliphatic rings. The van der Waals surface area contributed by atoms with E-state index in [-0.39, 0.29) is 0 Å². The molecule has 0 amide bonds. The number of hydrogen-bond donors (Lipinski definition) is 1. The normalized spacial score (nSPS) is 18.1. The van der Waals surface area contributed by atoms with E-state index in [1.54, 1.807) is 0 Å². The van der Waals surface area contributed by atoms with Crippen LogP contribution in [0, 0.1) is 0 Å². The molecule has 3 rings (SSSR count). The summed E-state index contributed by atoms with van der Waals surface area (Å²) < 4.78 is 5.87. The number of nitrogens with zero attached hydrogens (tertiary/aromatic N) is 1. The smallest absolute Gasteiger partial charge is 0.119 e. The molecule has 1 aromatic carbocycles. The molecule has 1 aliphatic heterocycles. The van der Waals surface area contributed by atoms with Crippen molar-refractivity contribution in [2.75, 3.05) is 13.2 Å². The summed E-state index contributed by atoms with van der Waals surface area (Å²) in [6.07, 6.45) is 7.28. The lowest BCUT2D eigenvalue weighted by molar-refractivity contribution is 0.292. The average Bonchev–Trinajstić information content (AvgIpc) is 3.02. The van der Waals surface area contributed by atoms with Crippen LogP contribution in [0.4, 0.5) is 0 Å². The Morgan fingerprint density at radius 1 is 1.15 bits per heavy atom. The Kier molecular flexibility index (Phi) is 4.28. The maximum Gasteiger partial charge on any atom is 0.119 e. The van der Waals surface area contributed by atoms with Gasteiger partial charge in [0.15, 0.2) is 0 Å². The van der Waals surface area contributed by atoms with Crippen molar-refractivity contribution in [2.24, 2.45) is 0 Å². The maximum atomic E-state index is 5.87. The van der Waals surface area contributed by atoms with Crippen LogP contribution >= 0.6 is 0 Å². The maximum absolute atomic E-state index is 5.87. The molecule has 104 valence electrons. The minimum absolute atomic E-state index is 0.637.